The van der Waals surface area contributed by atoms with Crippen LogP contribution in [0.2, 0.25) is 5.02 Å². The zero-order valence-electron chi connectivity index (χ0n) is 10.3. The molecule has 0 aliphatic heterocycles. The normalized spacial score (nSPS) is 10.4. The van der Waals surface area contributed by atoms with Crippen molar-refractivity contribution in [2.75, 3.05) is 5.32 Å². The standard InChI is InChI=1S/C14H11ClN2O2S/c15-10-3-5-11(6-4-10)16-14(20)17-13(18)8-7-12-2-1-9-19-12/h1-9H,(H2,16,17,18,20)/b8-7+. The summed E-state index contributed by atoms with van der Waals surface area (Å²) in [5.74, 6) is 0.254. The van der Waals surface area contributed by atoms with Crippen molar-refractivity contribution >= 4 is 46.6 Å². The van der Waals surface area contributed by atoms with Crippen LogP contribution >= 0.6 is 23.8 Å². The number of anilines is 1. The van der Waals surface area contributed by atoms with Crippen LogP contribution < -0.4 is 10.6 Å². The number of hydrogen-bond acceptors (Lipinski definition) is 3. The first-order chi connectivity index (χ1) is 9.63. The number of nitrogens with one attached hydrogen (secondary N) is 2. The molecule has 1 amide bonds. The number of thiocarbonyl (C=S) groups is 1. The van der Waals surface area contributed by atoms with Crippen molar-refractivity contribution in [3.8, 4) is 0 Å². The van der Waals surface area contributed by atoms with E-state index in [1.807, 2.05) is 0 Å². The minimum atomic E-state index is -0.340. The molecule has 1 heterocycles. The quantitative estimate of drug-likeness (QED) is 0.673. The Morgan fingerprint density at radius 3 is 2.65 bits per heavy atom. The average molecular weight is 307 g/mol. The molecule has 0 aliphatic rings. The fourth-order valence-corrected chi connectivity index (χ4v) is 1.74. The van der Waals surface area contributed by atoms with Crippen LogP contribution in [-0.4, -0.2) is 11.0 Å². The number of hydrogen-bond donors (Lipinski definition) is 2. The fourth-order valence-electron chi connectivity index (χ4n) is 1.39. The molecule has 0 aliphatic carbocycles. The van der Waals surface area contributed by atoms with E-state index in [1.165, 1.54) is 12.3 Å². The fraction of sp³-hybridized carbons (Fsp3) is 0. The van der Waals surface area contributed by atoms with Crippen molar-refractivity contribution in [3.63, 3.8) is 0 Å². The predicted octanol–water partition coefficient (Wildman–Crippen LogP) is 3.46. The van der Waals surface area contributed by atoms with E-state index in [9.17, 15) is 4.79 Å². The molecule has 0 spiro atoms. The van der Waals surface area contributed by atoms with Crippen molar-refractivity contribution in [1.82, 2.24) is 5.32 Å². The Kier molecular flexibility index (Phi) is 4.92. The summed E-state index contributed by atoms with van der Waals surface area (Å²) < 4.78 is 5.07. The molecule has 0 saturated carbocycles. The highest BCUT2D eigenvalue weighted by molar-refractivity contribution is 7.80. The topological polar surface area (TPSA) is 54.3 Å². The highest BCUT2D eigenvalue weighted by Gasteiger charge is 2.01. The van der Waals surface area contributed by atoms with Gasteiger partial charge in [0.1, 0.15) is 5.76 Å². The number of halogens is 1. The molecule has 0 bridgehead atoms. The van der Waals surface area contributed by atoms with Gasteiger partial charge in [0.15, 0.2) is 5.11 Å². The first-order valence-electron chi connectivity index (χ1n) is 5.72. The van der Waals surface area contributed by atoms with Crippen molar-refractivity contribution in [1.29, 1.82) is 0 Å². The van der Waals surface area contributed by atoms with Gasteiger partial charge >= 0.3 is 0 Å². The smallest absolute Gasteiger partial charge is 0.250 e. The highest BCUT2D eigenvalue weighted by Crippen LogP contribution is 2.13. The van der Waals surface area contributed by atoms with Crippen molar-refractivity contribution in [2.24, 2.45) is 0 Å². The van der Waals surface area contributed by atoms with Gasteiger partial charge in [0.25, 0.3) is 0 Å². The molecule has 1 aromatic heterocycles. The van der Waals surface area contributed by atoms with Crippen LogP contribution in [-0.2, 0) is 4.79 Å². The molecular weight excluding hydrogens is 296 g/mol. The number of benzene rings is 1. The molecule has 20 heavy (non-hydrogen) atoms. The summed E-state index contributed by atoms with van der Waals surface area (Å²) in [6, 6.07) is 10.5. The third kappa shape index (κ3) is 4.53. The molecular formula is C14H11ClN2O2S. The molecule has 0 unspecified atom stereocenters. The maximum atomic E-state index is 11.6. The molecule has 2 aromatic rings. The van der Waals surface area contributed by atoms with Crippen LogP contribution in [0.25, 0.3) is 6.08 Å². The monoisotopic (exact) mass is 306 g/mol. The Labute approximate surface area is 126 Å². The molecule has 0 fully saturated rings. The Bertz CT molecular complexity index is 621. The van der Waals surface area contributed by atoms with Gasteiger partial charge in [-0.25, -0.2) is 0 Å². The lowest BCUT2D eigenvalue weighted by molar-refractivity contribution is -0.115. The second-order valence-electron chi connectivity index (χ2n) is 3.80. The van der Waals surface area contributed by atoms with Gasteiger partial charge in [0.05, 0.1) is 6.26 Å². The molecule has 0 radical (unpaired) electrons. The van der Waals surface area contributed by atoms with Crippen molar-refractivity contribution in [2.45, 2.75) is 0 Å². The van der Waals surface area contributed by atoms with Gasteiger partial charge in [-0.05, 0) is 54.7 Å². The lowest BCUT2D eigenvalue weighted by Gasteiger charge is -2.07. The van der Waals surface area contributed by atoms with Crippen LogP contribution in [0.5, 0.6) is 0 Å². The van der Waals surface area contributed by atoms with Crippen molar-refractivity contribution in [3.05, 3.63) is 59.5 Å². The first kappa shape index (κ1) is 14.3. The Balaban J connectivity index is 1.85. The van der Waals surface area contributed by atoms with E-state index in [2.05, 4.69) is 10.6 Å². The van der Waals surface area contributed by atoms with E-state index in [0.717, 1.165) is 5.69 Å². The number of carbonyl (C=O) groups is 1. The largest absolute Gasteiger partial charge is 0.465 e. The first-order valence-corrected chi connectivity index (χ1v) is 6.51. The van der Waals surface area contributed by atoms with E-state index in [4.69, 9.17) is 28.2 Å². The third-order valence-electron chi connectivity index (χ3n) is 2.28. The minimum absolute atomic E-state index is 0.210. The van der Waals surface area contributed by atoms with Gasteiger partial charge in [-0.1, -0.05) is 11.6 Å². The Morgan fingerprint density at radius 1 is 1.25 bits per heavy atom. The van der Waals surface area contributed by atoms with Crippen molar-refractivity contribution < 1.29 is 9.21 Å². The zero-order valence-corrected chi connectivity index (χ0v) is 11.9. The maximum absolute atomic E-state index is 11.6. The molecule has 1 aromatic carbocycles. The number of carbonyl (C=O) groups excluding carboxylic acids is 1. The van der Waals surface area contributed by atoms with Crippen LogP contribution in [0, 0.1) is 0 Å². The van der Waals surface area contributed by atoms with E-state index < -0.39 is 0 Å². The van der Waals surface area contributed by atoms with Crippen LogP contribution in [0.3, 0.4) is 0 Å². The second-order valence-corrected chi connectivity index (χ2v) is 4.64. The number of furan rings is 1. The van der Waals surface area contributed by atoms with E-state index in [-0.39, 0.29) is 11.0 Å². The summed E-state index contributed by atoms with van der Waals surface area (Å²) >= 11 is 10.8. The summed E-state index contributed by atoms with van der Waals surface area (Å²) in [4.78, 5) is 11.6. The summed E-state index contributed by atoms with van der Waals surface area (Å²) in [5.41, 5.74) is 0.745. The van der Waals surface area contributed by atoms with Gasteiger partial charge < -0.3 is 9.73 Å². The SMILES string of the molecule is O=C(/C=C/c1ccco1)NC(=S)Nc1ccc(Cl)cc1. The zero-order chi connectivity index (χ0) is 14.4. The summed E-state index contributed by atoms with van der Waals surface area (Å²) in [6.07, 6.45) is 4.43. The molecule has 4 nitrogen and oxygen atoms in total. The molecule has 6 heteroatoms. The highest BCUT2D eigenvalue weighted by atomic mass is 35.5. The van der Waals surface area contributed by atoms with Gasteiger partial charge in [-0.2, -0.15) is 0 Å². The molecule has 0 saturated heterocycles. The number of amides is 1. The van der Waals surface area contributed by atoms with E-state index >= 15 is 0 Å². The lowest BCUT2D eigenvalue weighted by Crippen LogP contribution is -2.32. The second kappa shape index (κ2) is 6.88. The Hall–Kier alpha value is -2.11. The lowest BCUT2D eigenvalue weighted by atomic mass is 10.3. The van der Waals surface area contributed by atoms with Gasteiger partial charge in [0, 0.05) is 16.8 Å². The maximum Gasteiger partial charge on any atom is 0.250 e. The van der Waals surface area contributed by atoms with Gasteiger partial charge in [0.2, 0.25) is 5.91 Å². The molecule has 0 atom stereocenters. The molecule has 2 rings (SSSR count). The summed E-state index contributed by atoms with van der Waals surface area (Å²) in [5, 5.41) is 6.24. The number of rotatable bonds is 3. The Morgan fingerprint density at radius 2 is 2.00 bits per heavy atom. The van der Waals surface area contributed by atoms with Crippen LogP contribution in [0.15, 0.2) is 53.2 Å². The minimum Gasteiger partial charge on any atom is -0.465 e. The van der Waals surface area contributed by atoms with Crippen LogP contribution in [0.4, 0.5) is 5.69 Å². The summed E-state index contributed by atoms with van der Waals surface area (Å²) in [7, 11) is 0. The van der Waals surface area contributed by atoms with Gasteiger partial charge in [-0.15, -0.1) is 0 Å². The van der Waals surface area contributed by atoms with E-state index in [0.29, 0.717) is 10.8 Å². The molecule has 102 valence electrons. The summed E-state index contributed by atoms with van der Waals surface area (Å²) in [6.45, 7) is 0. The molecule has 2 N–H and O–H groups in total. The average Bonchev–Trinajstić information content (AvgIpc) is 2.92. The van der Waals surface area contributed by atoms with E-state index in [1.54, 1.807) is 42.5 Å². The third-order valence-corrected chi connectivity index (χ3v) is 2.74. The van der Waals surface area contributed by atoms with Gasteiger partial charge in [-0.3, -0.25) is 10.1 Å². The van der Waals surface area contributed by atoms with Crippen LogP contribution in [0.1, 0.15) is 5.76 Å². The predicted molar refractivity (Wildman–Crippen MR) is 83.6 cm³/mol.